The van der Waals surface area contributed by atoms with Gasteiger partial charge in [-0.25, -0.2) is 0 Å². The molecule has 2 fully saturated rings. The zero-order valence-electron chi connectivity index (χ0n) is 13.7. The molecule has 2 aliphatic heterocycles. The average molecular weight is 351 g/mol. The van der Waals surface area contributed by atoms with Crippen molar-refractivity contribution in [3.8, 4) is 0 Å². The van der Waals surface area contributed by atoms with Crippen LogP contribution in [-0.4, -0.2) is 49.1 Å². The summed E-state index contributed by atoms with van der Waals surface area (Å²) in [6.07, 6.45) is 3.88. The Kier molecular flexibility index (Phi) is 5.74. The first kappa shape index (κ1) is 17.2. The van der Waals surface area contributed by atoms with E-state index in [2.05, 4.69) is 5.32 Å². The number of carbonyl (C=O) groups excluding carboxylic acids is 2. The van der Waals surface area contributed by atoms with E-state index in [1.54, 1.807) is 29.2 Å². The van der Waals surface area contributed by atoms with E-state index in [-0.39, 0.29) is 23.8 Å². The van der Waals surface area contributed by atoms with Gasteiger partial charge in [0.2, 0.25) is 5.91 Å². The van der Waals surface area contributed by atoms with E-state index in [1.807, 2.05) is 0 Å². The molecule has 1 aromatic carbocycles. The second-order valence-electron chi connectivity index (χ2n) is 6.48. The quantitative estimate of drug-likeness (QED) is 0.907. The Bertz CT molecular complexity index is 584. The Morgan fingerprint density at radius 2 is 2.00 bits per heavy atom. The van der Waals surface area contributed by atoms with Crippen LogP contribution in [0.3, 0.4) is 0 Å². The van der Waals surface area contributed by atoms with Crippen LogP contribution < -0.4 is 5.32 Å². The summed E-state index contributed by atoms with van der Waals surface area (Å²) in [5, 5.41) is 3.59. The Balaban J connectivity index is 1.54. The molecule has 1 aromatic rings. The highest BCUT2D eigenvalue weighted by Gasteiger charge is 2.29. The van der Waals surface area contributed by atoms with Crippen LogP contribution in [0, 0.1) is 5.92 Å². The predicted octanol–water partition coefficient (Wildman–Crippen LogP) is 2.49. The topological polar surface area (TPSA) is 58.6 Å². The summed E-state index contributed by atoms with van der Waals surface area (Å²) in [5.74, 6) is -0.154. The fourth-order valence-corrected chi connectivity index (χ4v) is 3.44. The maximum absolute atomic E-state index is 12.6. The molecule has 1 N–H and O–H groups in total. The monoisotopic (exact) mass is 350 g/mol. The van der Waals surface area contributed by atoms with Gasteiger partial charge in [-0.1, -0.05) is 11.6 Å². The second-order valence-corrected chi connectivity index (χ2v) is 6.91. The number of carbonyl (C=O) groups is 2. The van der Waals surface area contributed by atoms with Gasteiger partial charge in [-0.15, -0.1) is 0 Å². The maximum atomic E-state index is 12.6. The lowest BCUT2D eigenvalue weighted by Crippen LogP contribution is -2.46. The summed E-state index contributed by atoms with van der Waals surface area (Å²) in [4.78, 5) is 26.7. The van der Waals surface area contributed by atoms with Crippen molar-refractivity contribution < 1.29 is 14.3 Å². The van der Waals surface area contributed by atoms with Crippen molar-refractivity contribution in [1.29, 1.82) is 0 Å². The zero-order chi connectivity index (χ0) is 16.9. The smallest absolute Gasteiger partial charge is 0.253 e. The van der Waals surface area contributed by atoms with Gasteiger partial charge in [0.25, 0.3) is 5.91 Å². The first-order chi connectivity index (χ1) is 11.6. The van der Waals surface area contributed by atoms with Gasteiger partial charge in [-0.2, -0.15) is 0 Å². The van der Waals surface area contributed by atoms with E-state index in [0.717, 1.165) is 32.3 Å². The number of amides is 2. The molecule has 3 rings (SSSR count). The first-order valence-corrected chi connectivity index (χ1v) is 8.95. The fourth-order valence-electron chi connectivity index (χ4n) is 3.31. The van der Waals surface area contributed by atoms with Crippen LogP contribution in [0.4, 0.5) is 0 Å². The summed E-state index contributed by atoms with van der Waals surface area (Å²) in [7, 11) is 0. The number of nitrogens with one attached hydrogen (secondary N) is 1. The molecule has 2 heterocycles. The van der Waals surface area contributed by atoms with Gasteiger partial charge >= 0.3 is 0 Å². The molecule has 2 amide bonds. The fraction of sp³-hybridized carbons (Fsp3) is 0.556. The van der Waals surface area contributed by atoms with Crippen molar-refractivity contribution in [3.05, 3.63) is 34.9 Å². The molecule has 0 saturated carbocycles. The van der Waals surface area contributed by atoms with Gasteiger partial charge < -0.3 is 15.0 Å². The molecule has 24 heavy (non-hydrogen) atoms. The third-order valence-electron chi connectivity index (χ3n) is 4.70. The largest absolute Gasteiger partial charge is 0.376 e. The molecule has 0 unspecified atom stereocenters. The number of hydrogen-bond acceptors (Lipinski definition) is 3. The van der Waals surface area contributed by atoms with Crippen LogP contribution in [0.1, 0.15) is 36.0 Å². The molecular formula is C18H23ClN2O3. The van der Waals surface area contributed by atoms with E-state index in [4.69, 9.17) is 16.3 Å². The van der Waals surface area contributed by atoms with Crippen molar-refractivity contribution in [1.82, 2.24) is 10.2 Å². The van der Waals surface area contributed by atoms with E-state index < -0.39 is 0 Å². The van der Waals surface area contributed by atoms with Gasteiger partial charge in [-0.05, 0) is 49.9 Å². The summed E-state index contributed by atoms with van der Waals surface area (Å²) in [6, 6.07) is 6.88. The number of hydrogen-bond donors (Lipinski definition) is 1. The van der Waals surface area contributed by atoms with Crippen molar-refractivity contribution in [3.63, 3.8) is 0 Å². The van der Waals surface area contributed by atoms with Gasteiger partial charge in [0.1, 0.15) is 0 Å². The van der Waals surface area contributed by atoms with Crippen LogP contribution >= 0.6 is 11.6 Å². The third-order valence-corrected chi connectivity index (χ3v) is 4.95. The van der Waals surface area contributed by atoms with Gasteiger partial charge in [0.05, 0.1) is 12.0 Å². The number of likely N-dealkylation sites (tertiary alicyclic amines) is 1. The molecule has 0 aromatic heterocycles. The van der Waals surface area contributed by atoms with Crippen LogP contribution in [0.5, 0.6) is 0 Å². The van der Waals surface area contributed by atoms with Crippen molar-refractivity contribution >= 4 is 23.4 Å². The zero-order valence-corrected chi connectivity index (χ0v) is 14.4. The van der Waals surface area contributed by atoms with Gasteiger partial charge in [-0.3, -0.25) is 9.59 Å². The van der Waals surface area contributed by atoms with Crippen LogP contribution in [0.15, 0.2) is 24.3 Å². The number of benzene rings is 1. The van der Waals surface area contributed by atoms with Gasteiger partial charge in [0.15, 0.2) is 0 Å². The second kappa shape index (κ2) is 7.99. The molecule has 5 nitrogen and oxygen atoms in total. The molecule has 6 heteroatoms. The Morgan fingerprint density at radius 1 is 1.21 bits per heavy atom. The number of ether oxygens (including phenoxy) is 1. The lowest BCUT2D eigenvalue weighted by atomic mass is 9.96. The number of nitrogens with zero attached hydrogens (tertiary/aromatic N) is 1. The Hall–Kier alpha value is -1.59. The number of rotatable bonds is 4. The van der Waals surface area contributed by atoms with Gasteiger partial charge in [0, 0.05) is 36.8 Å². The minimum atomic E-state index is -0.142. The average Bonchev–Trinajstić information content (AvgIpc) is 3.13. The normalized spacial score (nSPS) is 24.0. The number of halogens is 1. The molecule has 2 atom stereocenters. The van der Waals surface area contributed by atoms with Crippen LogP contribution in [0.25, 0.3) is 0 Å². The lowest BCUT2D eigenvalue weighted by molar-refractivity contribution is -0.126. The Labute approximate surface area is 147 Å². The summed E-state index contributed by atoms with van der Waals surface area (Å²) in [5.41, 5.74) is 0.611. The molecular weight excluding hydrogens is 328 g/mol. The lowest BCUT2D eigenvalue weighted by Gasteiger charge is -2.32. The van der Waals surface area contributed by atoms with E-state index in [1.165, 1.54) is 0 Å². The van der Waals surface area contributed by atoms with E-state index >= 15 is 0 Å². The molecule has 0 bridgehead atoms. The molecule has 0 radical (unpaired) electrons. The highest BCUT2D eigenvalue weighted by molar-refractivity contribution is 6.30. The summed E-state index contributed by atoms with van der Waals surface area (Å²) >= 11 is 5.87. The minimum absolute atomic E-state index is 0.0270. The third kappa shape index (κ3) is 4.28. The minimum Gasteiger partial charge on any atom is -0.376 e. The highest BCUT2D eigenvalue weighted by Crippen LogP contribution is 2.20. The summed E-state index contributed by atoms with van der Waals surface area (Å²) in [6.45, 7) is 2.52. The van der Waals surface area contributed by atoms with Crippen molar-refractivity contribution in [2.75, 3.05) is 26.2 Å². The maximum Gasteiger partial charge on any atom is 0.253 e. The van der Waals surface area contributed by atoms with Crippen LogP contribution in [0.2, 0.25) is 5.02 Å². The molecule has 0 spiro atoms. The predicted molar refractivity (Wildman–Crippen MR) is 92.1 cm³/mol. The first-order valence-electron chi connectivity index (χ1n) is 8.57. The Morgan fingerprint density at radius 3 is 2.71 bits per heavy atom. The SMILES string of the molecule is O=C(NC[C@H]1CCCO1)[C@H]1CCCN(C(=O)c2ccc(Cl)cc2)C1. The molecule has 0 aliphatic carbocycles. The number of piperidine rings is 1. The standard InChI is InChI=1S/C18H23ClN2O3/c19-15-7-5-13(6-8-15)18(23)21-9-1-3-14(12-21)17(22)20-11-16-4-2-10-24-16/h5-8,14,16H,1-4,9-12H2,(H,20,22)/t14-,16+/m0/s1. The van der Waals surface area contributed by atoms with Crippen molar-refractivity contribution in [2.24, 2.45) is 5.92 Å². The highest BCUT2D eigenvalue weighted by atomic mass is 35.5. The van der Waals surface area contributed by atoms with E-state index in [0.29, 0.717) is 30.2 Å². The van der Waals surface area contributed by atoms with Crippen LogP contribution in [-0.2, 0) is 9.53 Å². The van der Waals surface area contributed by atoms with E-state index in [9.17, 15) is 9.59 Å². The molecule has 2 aliphatic rings. The summed E-state index contributed by atoms with van der Waals surface area (Å²) < 4.78 is 5.53. The molecule has 130 valence electrons. The molecule has 2 saturated heterocycles. The van der Waals surface area contributed by atoms with Crippen molar-refractivity contribution in [2.45, 2.75) is 31.8 Å².